The second kappa shape index (κ2) is 5.20. The second-order valence-electron chi connectivity index (χ2n) is 3.41. The highest BCUT2D eigenvalue weighted by Gasteiger charge is 2.06. The number of hydrogen-bond acceptors (Lipinski definition) is 4. The number of nitrogens with zero attached hydrogens (tertiary/aromatic N) is 2. The third-order valence-corrected chi connectivity index (χ3v) is 3.52. The zero-order valence-electron chi connectivity index (χ0n) is 8.87. The summed E-state index contributed by atoms with van der Waals surface area (Å²) in [4.78, 5) is 10.5. The van der Waals surface area contributed by atoms with E-state index in [-0.39, 0.29) is 6.42 Å². The molecule has 0 saturated heterocycles. The minimum atomic E-state index is -0.846. The summed E-state index contributed by atoms with van der Waals surface area (Å²) in [5, 5.41) is 13.8. The summed E-state index contributed by atoms with van der Waals surface area (Å²) in [7, 11) is 0. The number of aryl methyl sites for hydroxylation is 1. The molecule has 1 aromatic carbocycles. The molecule has 0 aliphatic carbocycles. The lowest BCUT2D eigenvalue weighted by molar-refractivity contribution is -0.137. The Kier molecular flexibility index (Phi) is 3.65. The lowest BCUT2D eigenvalue weighted by Crippen LogP contribution is -2.05. The van der Waals surface area contributed by atoms with Gasteiger partial charge in [0, 0.05) is 5.56 Å². The number of rotatable bonds is 4. The smallest absolute Gasteiger partial charge is 0.305 e. The predicted molar refractivity (Wildman–Crippen MR) is 68.6 cm³/mol. The Balaban J connectivity index is 2.25. The molecule has 17 heavy (non-hydrogen) atoms. The van der Waals surface area contributed by atoms with Crippen LogP contribution in [0.3, 0.4) is 0 Å². The van der Waals surface area contributed by atoms with E-state index in [1.807, 2.05) is 30.3 Å². The van der Waals surface area contributed by atoms with Crippen LogP contribution in [0.5, 0.6) is 0 Å². The highest BCUT2D eigenvalue weighted by molar-refractivity contribution is 7.73. The summed E-state index contributed by atoms with van der Waals surface area (Å²) < 4.78 is 2.17. The van der Waals surface area contributed by atoms with E-state index in [1.54, 1.807) is 4.68 Å². The SMILES string of the molecule is O=C(O)CCn1nc(-c2ccccc2)sc1=S. The molecule has 0 aliphatic rings. The molecule has 0 atom stereocenters. The number of hydrogen-bond donors (Lipinski definition) is 1. The number of carboxylic acids is 1. The van der Waals surface area contributed by atoms with E-state index in [4.69, 9.17) is 17.3 Å². The Hall–Kier alpha value is -1.53. The maximum absolute atomic E-state index is 10.5. The summed E-state index contributed by atoms with van der Waals surface area (Å²) in [5.41, 5.74) is 0.998. The molecule has 0 radical (unpaired) electrons. The lowest BCUT2D eigenvalue weighted by atomic mass is 10.2. The fourth-order valence-corrected chi connectivity index (χ4v) is 2.51. The van der Waals surface area contributed by atoms with Gasteiger partial charge in [-0.25, -0.2) is 4.68 Å². The van der Waals surface area contributed by atoms with Gasteiger partial charge in [0.2, 0.25) is 0 Å². The molecule has 2 rings (SSSR count). The van der Waals surface area contributed by atoms with Crippen LogP contribution in [-0.4, -0.2) is 20.9 Å². The van der Waals surface area contributed by atoms with Crippen molar-refractivity contribution >= 4 is 29.5 Å². The topological polar surface area (TPSA) is 55.1 Å². The molecule has 2 aromatic rings. The third-order valence-electron chi connectivity index (χ3n) is 2.16. The molecule has 0 amide bonds. The van der Waals surface area contributed by atoms with Gasteiger partial charge < -0.3 is 5.11 Å². The first-order valence-corrected chi connectivity index (χ1v) is 6.24. The van der Waals surface area contributed by atoms with Crippen molar-refractivity contribution in [2.24, 2.45) is 0 Å². The Labute approximate surface area is 107 Å². The fraction of sp³-hybridized carbons (Fsp3) is 0.182. The van der Waals surface area contributed by atoms with Gasteiger partial charge in [-0.15, -0.1) is 0 Å². The van der Waals surface area contributed by atoms with Gasteiger partial charge in [-0.05, 0) is 12.2 Å². The van der Waals surface area contributed by atoms with Gasteiger partial charge in [0.05, 0.1) is 13.0 Å². The Bertz CT molecular complexity index is 575. The van der Waals surface area contributed by atoms with Crippen molar-refractivity contribution in [2.75, 3.05) is 0 Å². The summed E-state index contributed by atoms with van der Waals surface area (Å²) >= 11 is 6.54. The van der Waals surface area contributed by atoms with Gasteiger partial charge in [0.1, 0.15) is 5.01 Å². The van der Waals surface area contributed by atoms with E-state index in [2.05, 4.69) is 5.10 Å². The quantitative estimate of drug-likeness (QED) is 0.865. The van der Waals surface area contributed by atoms with E-state index in [0.717, 1.165) is 10.6 Å². The third kappa shape index (κ3) is 2.98. The minimum absolute atomic E-state index is 0.0340. The molecule has 0 saturated carbocycles. The van der Waals surface area contributed by atoms with Gasteiger partial charge in [-0.2, -0.15) is 5.10 Å². The highest BCUT2D eigenvalue weighted by atomic mass is 32.1. The minimum Gasteiger partial charge on any atom is -0.481 e. The van der Waals surface area contributed by atoms with Crippen molar-refractivity contribution in [3.63, 3.8) is 0 Å². The highest BCUT2D eigenvalue weighted by Crippen LogP contribution is 2.22. The molecule has 88 valence electrons. The van der Waals surface area contributed by atoms with Crippen LogP contribution in [-0.2, 0) is 11.3 Å². The zero-order valence-corrected chi connectivity index (χ0v) is 10.5. The molecule has 0 fully saturated rings. The Morgan fingerprint density at radius 3 is 2.76 bits per heavy atom. The number of carboxylic acid groups (broad SMARTS) is 1. The average Bonchev–Trinajstić information content (AvgIpc) is 2.69. The van der Waals surface area contributed by atoms with E-state index in [1.165, 1.54) is 11.3 Å². The maximum atomic E-state index is 10.5. The van der Waals surface area contributed by atoms with E-state index >= 15 is 0 Å². The largest absolute Gasteiger partial charge is 0.481 e. The van der Waals surface area contributed by atoms with Crippen LogP contribution in [0.2, 0.25) is 0 Å². The standard InChI is InChI=1S/C11H10N2O2S2/c14-9(15)6-7-13-11(16)17-10(12-13)8-4-2-1-3-5-8/h1-5H,6-7H2,(H,14,15). The lowest BCUT2D eigenvalue weighted by Gasteiger charge is -1.97. The van der Waals surface area contributed by atoms with Gasteiger partial charge in [-0.3, -0.25) is 4.79 Å². The van der Waals surface area contributed by atoms with Crippen LogP contribution in [0.15, 0.2) is 30.3 Å². The first kappa shape index (κ1) is 11.9. The van der Waals surface area contributed by atoms with Crippen molar-refractivity contribution < 1.29 is 9.90 Å². The first-order chi connectivity index (χ1) is 8.16. The van der Waals surface area contributed by atoms with Crippen molar-refractivity contribution in [3.05, 3.63) is 34.3 Å². The van der Waals surface area contributed by atoms with E-state index < -0.39 is 5.97 Å². The molecule has 1 aromatic heterocycles. The summed E-state index contributed by atoms with van der Waals surface area (Å²) in [5.74, 6) is -0.846. The summed E-state index contributed by atoms with van der Waals surface area (Å²) in [6.07, 6.45) is 0.0340. The number of carbonyl (C=O) groups is 1. The molecule has 0 spiro atoms. The first-order valence-electron chi connectivity index (χ1n) is 5.02. The van der Waals surface area contributed by atoms with Crippen LogP contribution in [0.25, 0.3) is 10.6 Å². The van der Waals surface area contributed by atoms with Gasteiger partial charge >= 0.3 is 5.97 Å². The average molecular weight is 266 g/mol. The van der Waals surface area contributed by atoms with Gasteiger partial charge in [-0.1, -0.05) is 41.7 Å². The van der Waals surface area contributed by atoms with Crippen LogP contribution in [0.4, 0.5) is 0 Å². The Morgan fingerprint density at radius 2 is 2.12 bits per heavy atom. The predicted octanol–water partition coefficient (Wildman–Crippen LogP) is 2.82. The van der Waals surface area contributed by atoms with Gasteiger partial charge in [0.15, 0.2) is 3.95 Å². The van der Waals surface area contributed by atoms with E-state index in [0.29, 0.717) is 10.5 Å². The molecule has 0 unspecified atom stereocenters. The van der Waals surface area contributed by atoms with Crippen LogP contribution < -0.4 is 0 Å². The van der Waals surface area contributed by atoms with Crippen LogP contribution in [0.1, 0.15) is 6.42 Å². The number of benzene rings is 1. The molecule has 0 aliphatic heterocycles. The van der Waals surface area contributed by atoms with Crippen molar-refractivity contribution in [2.45, 2.75) is 13.0 Å². The normalized spacial score (nSPS) is 10.4. The second-order valence-corrected chi connectivity index (χ2v) is 5.03. The monoisotopic (exact) mass is 266 g/mol. The molecule has 6 heteroatoms. The number of aliphatic carboxylic acids is 1. The molecule has 1 N–H and O–H groups in total. The van der Waals surface area contributed by atoms with Gasteiger partial charge in [0.25, 0.3) is 0 Å². The van der Waals surface area contributed by atoms with Crippen molar-refractivity contribution in [1.82, 2.24) is 9.78 Å². The molecular formula is C11H10N2O2S2. The zero-order chi connectivity index (χ0) is 12.3. The maximum Gasteiger partial charge on any atom is 0.305 e. The summed E-state index contributed by atoms with van der Waals surface area (Å²) in [6, 6.07) is 9.71. The summed E-state index contributed by atoms with van der Waals surface area (Å²) in [6.45, 7) is 0.317. The molecule has 4 nitrogen and oxygen atoms in total. The van der Waals surface area contributed by atoms with Crippen LogP contribution >= 0.6 is 23.6 Å². The molecule has 0 bridgehead atoms. The van der Waals surface area contributed by atoms with Crippen molar-refractivity contribution in [3.8, 4) is 10.6 Å². The van der Waals surface area contributed by atoms with E-state index in [9.17, 15) is 4.79 Å². The fourth-order valence-electron chi connectivity index (χ4n) is 1.35. The Morgan fingerprint density at radius 1 is 1.41 bits per heavy atom. The van der Waals surface area contributed by atoms with Crippen LogP contribution in [0, 0.1) is 3.95 Å². The molecule has 1 heterocycles. The molecular weight excluding hydrogens is 256 g/mol. The number of aromatic nitrogens is 2. The van der Waals surface area contributed by atoms with Crippen molar-refractivity contribution in [1.29, 1.82) is 0 Å².